The molecule has 0 radical (unpaired) electrons. The number of sulfonamides is 1. The van der Waals surface area contributed by atoms with Crippen molar-refractivity contribution < 1.29 is 16.8 Å². The van der Waals surface area contributed by atoms with Crippen molar-refractivity contribution >= 4 is 19.9 Å². The molecule has 2 saturated heterocycles. The summed E-state index contributed by atoms with van der Waals surface area (Å²) in [4.78, 5) is 0. The summed E-state index contributed by atoms with van der Waals surface area (Å²) >= 11 is 0. The van der Waals surface area contributed by atoms with Gasteiger partial charge >= 0.3 is 0 Å². The summed E-state index contributed by atoms with van der Waals surface area (Å²) in [6.45, 7) is 1.17. The molecule has 1 N–H and O–H groups in total. The molecule has 1 atom stereocenters. The summed E-state index contributed by atoms with van der Waals surface area (Å²) in [7, 11) is -6.73. The van der Waals surface area contributed by atoms with E-state index < -0.39 is 25.2 Å². The van der Waals surface area contributed by atoms with Gasteiger partial charge in [0.2, 0.25) is 10.0 Å². The molecule has 2 aliphatic rings. The molecule has 0 aromatic carbocycles. The minimum absolute atomic E-state index is 0.0149. The van der Waals surface area contributed by atoms with Crippen LogP contribution in [-0.4, -0.2) is 57.7 Å². The Kier molecular flexibility index (Phi) is 3.77. The summed E-state index contributed by atoms with van der Waals surface area (Å²) in [5.74, 6) is 0.0934. The molecule has 1 unspecified atom stereocenters. The minimum atomic E-state index is -3.44. The first-order valence-electron chi connectivity index (χ1n) is 5.85. The van der Waals surface area contributed by atoms with Crippen LogP contribution in [0.3, 0.4) is 0 Å². The molecule has 2 aliphatic heterocycles. The monoisotopic (exact) mass is 282 g/mol. The molecule has 17 heavy (non-hydrogen) atoms. The Balaban J connectivity index is 2.30. The van der Waals surface area contributed by atoms with E-state index in [-0.39, 0.29) is 18.1 Å². The van der Waals surface area contributed by atoms with Crippen LogP contribution in [0, 0.1) is 0 Å². The van der Waals surface area contributed by atoms with Gasteiger partial charge in [0.1, 0.15) is 5.37 Å². The third kappa shape index (κ3) is 2.81. The molecular formula is C9H18N2O4S2. The van der Waals surface area contributed by atoms with Gasteiger partial charge in [-0.2, -0.15) is 4.31 Å². The molecule has 0 aliphatic carbocycles. The van der Waals surface area contributed by atoms with E-state index in [1.807, 2.05) is 0 Å². The lowest BCUT2D eigenvalue weighted by Crippen LogP contribution is -2.48. The summed E-state index contributed by atoms with van der Waals surface area (Å²) in [6.07, 6.45) is 1.86. The van der Waals surface area contributed by atoms with Gasteiger partial charge in [0, 0.05) is 19.6 Å². The molecule has 2 heterocycles. The predicted octanol–water partition coefficient (Wildman–Crippen LogP) is -0.854. The van der Waals surface area contributed by atoms with Crippen molar-refractivity contribution in [3.63, 3.8) is 0 Å². The fourth-order valence-corrected chi connectivity index (χ4v) is 6.48. The number of nitrogens with zero attached hydrogens (tertiary/aromatic N) is 1. The van der Waals surface area contributed by atoms with Crippen molar-refractivity contribution in [3.05, 3.63) is 0 Å². The highest BCUT2D eigenvalue weighted by Gasteiger charge is 2.40. The van der Waals surface area contributed by atoms with Crippen LogP contribution in [0.15, 0.2) is 0 Å². The highest BCUT2D eigenvalue weighted by molar-refractivity contribution is 7.94. The molecular weight excluding hydrogens is 264 g/mol. The maximum absolute atomic E-state index is 12.0. The van der Waals surface area contributed by atoms with Crippen LogP contribution in [0.1, 0.15) is 19.3 Å². The molecule has 0 amide bonds. The van der Waals surface area contributed by atoms with E-state index in [4.69, 9.17) is 0 Å². The number of nitrogens with one attached hydrogen (secondary N) is 1. The Morgan fingerprint density at radius 2 is 1.76 bits per heavy atom. The Hall–Kier alpha value is -0.180. The Bertz CT molecular complexity index is 471. The third-order valence-corrected chi connectivity index (χ3v) is 7.45. The van der Waals surface area contributed by atoms with E-state index in [2.05, 4.69) is 5.32 Å². The lowest BCUT2D eigenvalue weighted by Gasteiger charge is -2.31. The van der Waals surface area contributed by atoms with Gasteiger partial charge in [-0.1, -0.05) is 0 Å². The highest BCUT2D eigenvalue weighted by Crippen LogP contribution is 2.25. The summed E-state index contributed by atoms with van der Waals surface area (Å²) in [5.41, 5.74) is 0. The average molecular weight is 282 g/mol. The van der Waals surface area contributed by atoms with E-state index in [0.717, 1.165) is 6.42 Å². The Morgan fingerprint density at radius 1 is 1.00 bits per heavy atom. The number of sulfone groups is 1. The lowest BCUT2D eigenvalue weighted by atomic mass is 10.2. The van der Waals surface area contributed by atoms with Crippen LogP contribution in [0.4, 0.5) is 0 Å². The summed E-state index contributed by atoms with van der Waals surface area (Å²) in [6, 6.07) is 0. The topological polar surface area (TPSA) is 83.6 Å². The minimum Gasteiger partial charge on any atom is -0.314 e. The normalized spacial score (nSPS) is 34.0. The Labute approximate surface area is 102 Å². The Morgan fingerprint density at radius 3 is 2.47 bits per heavy atom. The van der Waals surface area contributed by atoms with Crippen molar-refractivity contribution in [2.45, 2.75) is 24.6 Å². The zero-order valence-electron chi connectivity index (χ0n) is 9.63. The van der Waals surface area contributed by atoms with Crippen molar-refractivity contribution in [1.29, 1.82) is 0 Å². The van der Waals surface area contributed by atoms with Crippen molar-refractivity contribution in [1.82, 2.24) is 9.62 Å². The fourth-order valence-electron chi connectivity index (χ4n) is 2.36. The summed E-state index contributed by atoms with van der Waals surface area (Å²) in [5, 5.41) is 2.15. The largest absolute Gasteiger partial charge is 0.314 e. The molecule has 2 rings (SSSR count). The zero-order chi connectivity index (χ0) is 12.5. The standard InChI is InChI=1S/C9H18N2O4S2/c12-16(13)7-2-1-3-9(16)11-6-4-10-5-8-17(11,14)15/h9-10H,1-8H2. The van der Waals surface area contributed by atoms with Crippen LogP contribution in [0.25, 0.3) is 0 Å². The van der Waals surface area contributed by atoms with E-state index in [1.165, 1.54) is 4.31 Å². The second kappa shape index (κ2) is 4.83. The van der Waals surface area contributed by atoms with Crippen LogP contribution in [0.5, 0.6) is 0 Å². The van der Waals surface area contributed by atoms with E-state index in [1.54, 1.807) is 0 Å². The van der Waals surface area contributed by atoms with Crippen molar-refractivity contribution in [2.75, 3.05) is 31.1 Å². The average Bonchev–Trinajstić information content (AvgIpc) is 2.39. The van der Waals surface area contributed by atoms with Gasteiger partial charge in [0.15, 0.2) is 9.84 Å². The molecule has 0 saturated carbocycles. The van der Waals surface area contributed by atoms with Gasteiger partial charge in [-0.25, -0.2) is 16.8 Å². The fraction of sp³-hybridized carbons (Fsp3) is 1.00. The third-order valence-electron chi connectivity index (χ3n) is 3.27. The highest BCUT2D eigenvalue weighted by atomic mass is 32.2. The van der Waals surface area contributed by atoms with E-state index in [9.17, 15) is 16.8 Å². The van der Waals surface area contributed by atoms with Crippen LogP contribution in [0.2, 0.25) is 0 Å². The number of hydrogen-bond donors (Lipinski definition) is 1. The summed E-state index contributed by atoms with van der Waals surface area (Å²) < 4.78 is 49.1. The zero-order valence-corrected chi connectivity index (χ0v) is 11.3. The number of rotatable bonds is 1. The van der Waals surface area contributed by atoms with Crippen LogP contribution < -0.4 is 5.32 Å². The predicted molar refractivity (Wildman–Crippen MR) is 64.8 cm³/mol. The molecule has 100 valence electrons. The molecule has 6 nitrogen and oxygen atoms in total. The van der Waals surface area contributed by atoms with Gasteiger partial charge < -0.3 is 5.32 Å². The van der Waals surface area contributed by atoms with Crippen molar-refractivity contribution in [2.24, 2.45) is 0 Å². The molecule has 8 heteroatoms. The first-order chi connectivity index (χ1) is 7.93. The molecule has 2 fully saturated rings. The first kappa shape index (κ1) is 13.3. The first-order valence-corrected chi connectivity index (χ1v) is 9.18. The maximum Gasteiger partial charge on any atom is 0.216 e. The maximum atomic E-state index is 12.0. The van der Waals surface area contributed by atoms with Gasteiger partial charge in [-0.3, -0.25) is 0 Å². The lowest BCUT2D eigenvalue weighted by molar-refractivity contribution is 0.356. The quantitative estimate of drug-likeness (QED) is 0.677. The molecule has 0 aromatic heterocycles. The number of hydrogen-bond acceptors (Lipinski definition) is 5. The van der Waals surface area contributed by atoms with Crippen molar-refractivity contribution in [3.8, 4) is 0 Å². The second-order valence-electron chi connectivity index (χ2n) is 4.49. The van der Waals surface area contributed by atoms with Gasteiger partial charge in [0.25, 0.3) is 0 Å². The SMILES string of the molecule is O=S1(=O)CCCCC1N1CCNCCS1(=O)=O. The van der Waals surface area contributed by atoms with Crippen LogP contribution >= 0.6 is 0 Å². The van der Waals surface area contributed by atoms with Gasteiger partial charge in [0.05, 0.1) is 11.5 Å². The second-order valence-corrected chi connectivity index (χ2v) is 8.81. The smallest absolute Gasteiger partial charge is 0.216 e. The molecule has 0 aromatic rings. The molecule has 0 spiro atoms. The van der Waals surface area contributed by atoms with Gasteiger partial charge in [-0.15, -0.1) is 0 Å². The van der Waals surface area contributed by atoms with E-state index >= 15 is 0 Å². The van der Waals surface area contributed by atoms with Gasteiger partial charge in [-0.05, 0) is 19.3 Å². The van der Waals surface area contributed by atoms with Crippen LogP contribution in [-0.2, 0) is 19.9 Å². The molecule has 0 bridgehead atoms. The van der Waals surface area contributed by atoms with E-state index in [0.29, 0.717) is 25.9 Å².